The first kappa shape index (κ1) is 16.7. The van der Waals surface area contributed by atoms with Gasteiger partial charge in [0, 0.05) is 12.7 Å². The zero-order valence-corrected chi connectivity index (χ0v) is 12.5. The lowest BCUT2D eigenvalue weighted by Crippen LogP contribution is -2.42. The van der Waals surface area contributed by atoms with E-state index in [1.165, 1.54) is 12.7 Å². The van der Waals surface area contributed by atoms with E-state index in [0.29, 0.717) is 12.0 Å². The van der Waals surface area contributed by atoms with Crippen LogP contribution in [0.5, 0.6) is 0 Å². The van der Waals surface area contributed by atoms with E-state index in [2.05, 4.69) is 38.3 Å². The normalized spacial score (nSPS) is 25.2. The monoisotopic (exact) mass is 276 g/mol. The van der Waals surface area contributed by atoms with Crippen molar-refractivity contribution in [1.29, 1.82) is 0 Å². The number of methoxy groups -OCH3 is 1. The van der Waals surface area contributed by atoms with Gasteiger partial charge >= 0.3 is 0 Å². The highest BCUT2D eigenvalue weighted by atomic mass is 16.5. The molecule has 3 nitrogen and oxygen atoms in total. The minimum Gasteiger partial charge on any atom is -0.387 e. The lowest BCUT2D eigenvalue weighted by atomic mass is 9.91. The Labute approximate surface area is 121 Å². The van der Waals surface area contributed by atoms with Gasteiger partial charge in [-0.05, 0) is 38.7 Å². The lowest BCUT2D eigenvalue weighted by molar-refractivity contribution is -0.0665. The van der Waals surface area contributed by atoms with Gasteiger partial charge in [-0.2, -0.15) is 0 Å². The predicted molar refractivity (Wildman–Crippen MR) is 81.1 cm³/mol. The van der Waals surface area contributed by atoms with Crippen molar-refractivity contribution >= 4 is 0 Å². The topological polar surface area (TPSA) is 49.7 Å². The van der Waals surface area contributed by atoms with Gasteiger partial charge in [-0.25, -0.2) is 0 Å². The second-order valence-corrected chi connectivity index (χ2v) is 5.28. The second kappa shape index (κ2) is 8.06. The number of allylic oxidation sites excluding steroid dienone is 3. The van der Waals surface area contributed by atoms with Crippen LogP contribution in [0.4, 0.5) is 0 Å². The summed E-state index contributed by atoms with van der Waals surface area (Å²) in [7, 11) is 1.52. The van der Waals surface area contributed by atoms with Crippen molar-refractivity contribution in [1.82, 2.24) is 0 Å². The van der Waals surface area contributed by atoms with Crippen LogP contribution in [0, 0.1) is 11.8 Å². The Morgan fingerprint density at radius 3 is 2.80 bits per heavy atom. The van der Waals surface area contributed by atoms with Gasteiger partial charge in [-0.3, -0.25) is 0 Å². The summed E-state index contributed by atoms with van der Waals surface area (Å²) in [6.45, 7) is 8.03. The van der Waals surface area contributed by atoms with Crippen molar-refractivity contribution in [2.75, 3.05) is 7.11 Å². The van der Waals surface area contributed by atoms with Crippen LogP contribution in [0.2, 0.25) is 0 Å². The van der Waals surface area contributed by atoms with Gasteiger partial charge in [0.2, 0.25) is 0 Å². The number of aliphatic hydroxyl groups is 2. The van der Waals surface area contributed by atoms with Crippen LogP contribution in [0.25, 0.3) is 0 Å². The third kappa shape index (κ3) is 4.97. The van der Waals surface area contributed by atoms with Crippen LogP contribution >= 0.6 is 0 Å². The summed E-state index contributed by atoms with van der Waals surface area (Å²) in [6.07, 6.45) is 3.99. The fourth-order valence-corrected chi connectivity index (χ4v) is 2.01. The molecule has 0 heterocycles. The van der Waals surface area contributed by atoms with E-state index in [4.69, 9.17) is 4.74 Å². The summed E-state index contributed by atoms with van der Waals surface area (Å²) in [6, 6.07) is 0. The molecule has 1 rings (SSSR count). The fourth-order valence-electron chi connectivity index (χ4n) is 2.01. The molecule has 0 aromatic carbocycles. The van der Waals surface area contributed by atoms with Crippen LogP contribution in [0.3, 0.4) is 0 Å². The molecule has 0 unspecified atom stereocenters. The quantitative estimate of drug-likeness (QED) is 0.612. The highest BCUT2D eigenvalue weighted by Gasteiger charge is 2.31. The smallest absolute Gasteiger partial charge is 0.115 e. The van der Waals surface area contributed by atoms with E-state index >= 15 is 0 Å². The van der Waals surface area contributed by atoms with Gasteiger partial charge in [0.15, 0.2) is 0 Å². The maximum absolute atomic E-state index is 9.96. The van der Waals surface area contributed by atoms with Gasteiger partial charge in [-0.1, -0.05) is 36.1 Å². The molecule has 0 aliphatic heterocycles. The molecule has 0 fully saturated rings. The highest BCUT2D eigenvalue weighted by molar-refractivity contribution is 5.40. The van der Waals surface area contributed by atoms with E-state index in [1.807, 2.05) is 6.08 Å². The molecule has 3 heteroatoms. The maximum Gasteiger partial charge on any atom is 0.115 e. The van der Waals surface area contributed by atoms with Crippen LogP contribution in [0.1, 0.15) is 33.1 Å². The predicted octanol–water partition coefficient (Wildman–Crippen LogP) is 2.36. The zero-order chi connectivity index (χ0) is 15.1. The molecule has 20 heavy (non-hydrogen) atoms. The molecule has 0 amide bonds. The second-order valence-electron chi connectivity index (χ2n) is 5.28. The molecule has 0 saturated carbocycles. The summed E-state index contributed by atoms with van der Waals surface area (Å²) in [5.74, 6) is 5.87. The molecular weight excluding hydrogens is 252 g/mol. The lowest BCUT2D eigenvalue weighted by Gasteiger charge is -2.29. The summed E-state index contributed by atoms with van der Waals surface area (Å²) in [5.41, 5.74) is 2.66. The Balaban J connectivity index is 2.61. The molecule has 2 N–H and O–H groups in total. The molecule has 1 aliphatic rings. The first-order valence-corrected chi connectivity index (χ1v) is 6.87. The Bertz CT molecular complexity index is 458. The molecule has 1 aliphatic carbocycles. The largest absolute Gasteiger partial charge is 0.387 e. The van der Waals surface area contributed by atoms with Crippen LogP contribution < -0.4 is 0 Å². The maximum atomic E-state index is 9.96. The van der Waals surface area contributed by atoms with Crippen molar-refractivity contribution in [3.63, 3.8) is 0 Å². The molecular formula is C17H24O3. The Morgan fingerprint density at radius 2 is 2.20 bits per heavy atom. The molecule has 110 valence electrons. The highest BCUT2D eigenvalue weighted by Crippen LogP contribution is 2.21. The summed E-state index contributed by atoms with van der Waals surface area (Å²) in [5, 5.41) is 19.8. The molecule has 0 spiro atoms. The van der Waals surface area contributed by atoms with E-state index in [-0.39, 0.29) is 6.10 Å². The number of aliphatic hydroxyl groups excluding tert-OH is 2. The molecule has 0 aromatic rings. The molecule has 3 atom stereocenters. The first-order chi connectivity index (χ1) is 9.45. The van der Waals surface area contributed by atoms with Crippen molar-refractivity contribution < 1.29 is 14.9 Å². The van der Waals surface area contributed by atoms with Crippen LogP contribution in [-0.4, -0.2) is 35.6 Å². The summed E-state index contributed by atoms with van der Waals surface area (Å²) < 4.78 is 5.10. The average Bonchev–Trinajstić information content (AvgIpc) is 2.40. The SMILES string of the molecule is C=C(C#CC1=CC[C@@H](OC)[C@H](O)[C@@H]1O)CCC=C(C)C. The zero-order valence-electron chi connectivity index (χ0n) is 12.5. The van der Waals surface area contributed by atoms with Gasteiger partial charge < -0.3 is 14.9 Å². The Morgan fingerprint density at radius 1 is 1.50 bits per heavy atom. The van der Waals surface area contributed by atoms with Crippen LogP contribution in [0.15, 0.2) is 35.5 Å². The first-order valence-electron chi connectivity index (χ1n) is 6.87. The van der Waals surface area contributed by atoms with Crippen LogP contribution in [-0.2, 0) is 4.74 Å². The molecule has 0 radical (unpaired) electrons. The van der Waals surface area contributed by atoms with E-state index in [1.54, 1.807) is 0 Å². The van der Waals surface area contributed by atoms with Gasteiger partial charge in [0.05, 0.1) is 6.10 Å². The molecule has 0 bridgehead atoms. The van der Waals surface area contributed by atoms with E-state index < -0.39 is 12.2 Å². The third-order valence-corrected chi connectivity index (χ3v) is 3.28. The standard InChI is InChI=1S/C17H24O3/c1-12(2)6-5-7-13(3)8-9-14-10-11-15(20-4)17(19)16(14)18/h6,10,15-19H,3,5,7,11H2,1-2,4H3/t15-,16-,17+/m1/s1. The minimum atomic E-state index is -0.980. The number of ether oxygens (including phenoxy) is 1. The molecule has 0 saturated heterocycles. The minimum absolute atomic E-state index is 0.364. The van der Waals surface area contributed by atoms with Crippen molar-refractivity contribution in [3.05, 3.63) is 35.5 Å². The van der Waals surface area contributed by atoms with E-state index in [0.717, 1.165) is 18.4 Å². The Kier molecular flexibility index (Phi) is 6.74. The van der Waals surface area contributed by atoms with E-state index in [9.17, 15) is 10.2 Å². The van der Waals surface area contributed by atoms with Gasteiger partial charge in [0.1, 0.15) is 12.2 Å². The number of hydrogen-bond donors (Lipinski definition) is 2. The van der Waals surface area contributed by atoms with Crippen molar-refractivity contribution in [3.8, 4) is 11.8 Å². The average molecular weight is 276 g/mol. The number of rotatable bonds is 4. The third-order valence-electron chi connectivity index (χ3n) is 3.28. The fraction of sp³-hybridized carbons (Fsp3) is 0.529. The summed E-state index contributed by atoms with van der Waals surface area (Å²) >= 11 is 0. The Hall–Kier alpha value is -1.34. The molecule has 0 aromatic heterocycles. The van der Waals surface area contributed by atoms with Gasteiger partial charge in [-0.15, -0.1) is 0 Å². The number of hydrogen-bond acceptors (Lipinski definition) is 3. The van der Waals surface area contributed by atoms with Crippen molar-refractivity contribution in [2.24, 2.45) is 0 Å². The van der Waals surface area contributed by atoms with Crippen molar-refractivity contribution in [2.45, 2.75) is 51.4 Å². The van der Waals surface area contributed by atoms with Gasteiger partial charge in [0.25, 0.3) is 0 Å². The summed E-state index contributed by atoms with van der Waals surface area (Å²) in [4.78, 5) is 0.